The van der Waals surface area contributed by atoms with Crippen LogP contribution in [0, 0.1) is 0 Å². The number of fused-ring (bicyclic) bond motifs is 1. The molecule has 1 aliphatic heterocycles. The van der Waals surface area contributed by atoms with Crippen molar-refractivity contribution in [1.29, 1.82) is 0 Å². The molecule has 3 rings (SSSR count). The molecule has 2 aromatic rings. The van der Waals surface area contributed by atoms with Gasteiger partial charge in [-0.1, -0.05) is 11.6 Å². The predicted molar refractivity (Wildman–Crippen MR) is 95.2 cm³/mol. The number of amides is 1. The summed E-state index contributed by atoms with van der Waals surface area (Å²) in [6.45, 7) is 3.08. The molecule has 0 spiro atoms. The minimum absolute atomic E-state index is 0.135. The predicted octanol–water partition coefficient (Wildman–Crippen LogP) is 3.94. The molecule has 0 aliphatic carbocycles. The zero-order valence-electron chi connectivity index (χ0n) is 13.3. The van der Waals surface area contributed by atoms with Crippen LogP contribution in [0.1, 0.15) is 13.3 Å². The molecule has 24 heavy (non-hydrogen) atoms. The SMILES string of the molecule is CC(Nc1ccc2c(c1)OCCCO2)C(=O)Nc1ccc(Cl)cc1. The standard InChI is InChI=1S/C18H19ClN2O3/c1-12(18(22)21-14-5-3-13(19)4-6-14)20-15-7-8-16-17(11-15)24-10-2-9-23-16/h3-8,11-12,20H,2,9-10H2,1H3,(H,21,22). The average molecular weight is 347 g/mol. The summed E-state index contributed by atoms with van der Waals surface area (Å²) in [5.74, 6) is 1.29. The van der Waals surface area contributed by atoms with Gasteiger partial charge in [0.05, 0.1) is 13.2 Å². The molecule has 0 aromatic heterocycles. The summed E-state index contributed by atoms with van der Waals surface area (Å²) in [4.78, 5) is 12.3. The number of benzene rings is 2. The maximum absolute atomic E-state index is 12.3. The molecule has 2 N–H and O–H groups in total. The van der Waals surface area contributed by atoms with Gasteiger partial charge in [0.15, 0.2) is 11.5 Å². The maximum atomic E-state index is 12.3. The Balaban J connectivity index is 1.63. The van der Waals surface area contributed by atoms with E-state index in [1.54, 1.807) is 31.2 Å². The summed E-state index contributed by atoms with van der Waals surface area (Å²) < 4.78 is 11.3. The highest BCUT2D eigenvalue weighted by molar-refractivity contribution is 6.30. The van der Waals surface area contributed by atoms with E-state index in [2.05, 4.69) is 10.6 Å². The first-order valence-electron chi connectivity index (χ1n) is 7.84. The lowest BCUT2D eigenvalue weighted by Gasteiger charge is -2.16. The fraction of sp³-hybridized carbons (Fsp3) is 0.278. The molecule has 1 unspecified atom stereocenters. The van der Waals surface area contributed by atoms with Crippen molar-refractivity contribution in [1.82, 2.24) is 0 Å². The van der Waals surface area contributed by atoms with E-state index in [9.17, 15) is 4.79 Å². The molecule has 0 fully saturated rings. The molecule has 1 atom stereocenters. The molecule has 1 aliphatic rings. The quantitative estimate of drug-likeness (QED) is 0.880. The number of carbonyl (C=O) groups is 1. The summed E-state index contributed by atoms with van der Waals surface area (Å²) in [5, 5.41) is 6.65. The lowest BCUT2D eigenvalue weighted by molar-refractivity contribution is -0.116. The largest absolute Gasteiger partial charge is 0.490 e. The Hall–Kier alpha value is -2.40. The Morgan fingerprint density at radius 1 is 1.04 bits per heavy atom. The van der Waals surface area contributed by atoms with Gasteiger partial charge in [0.25, 0.3) is 0 Å². The van der Waals surface area contributed by atoms with E-state index in [1.165, 1.54) is 0 Å². The van der Waals surface area contributed by atoms with E-state index in [1.807, 2.05) is 18.2 Å². The minimum atomic E-state index is -0.412. The minimum Gasteiger partial charge on any atom is -0.490 e. The molecule has 1 heterocycles. The number of halogens is 1. The van der Waals surface area contributed by atoms with Crippen molar-refractivity contribution in [2.24, 2.45) is 0 Å². The molecular formula is C18H19ClN2O3. The van der Waals surface area contributed by atoms with Crippen LogP contribution in [0.3, 0.4) is 0 Å². The van der Waals surface area contributed by atoms with Crippen LogP contribution in [-0.4, -0.2) is 25.2 Å². The van der Waals surface area contributed by atoms with E-state index in [0.29, 0.717) is 29.7 Å². The smallest absolute Gasteiger partial charge is 0.246 e. The topological polar surface area (TPSA) is 59.6 Å². The van der Waals surface area contributed by atoms with Crippen LogP contribution < -0.4 is 20.1 Å². The van der Waals surface area contributed by atoms with Crippen LogP contribution in [0.5, 0.6) is 11.5 Å². The van der Waals surface area contributed by atoms with Crippen molar-refractivity contribution in [3.63, 3.8) is 0 Å². The van der Waals surface area contributed by atoms with Crippen LogP contribution in [-0.2, 0) is 4.79 Å². The first-order valence-corrected chi connectivity index (χ1v) is 8.22. The van der Waals surface area contributed by atoms with Gasteiger partial charge in [-0.3, -0.25) is 4.79 Å². The van der Waals surface area contributed by atoms with Gasteiger partial charge < -0.3 is 20.1 Å². The van der Waals surface area contributed by atoms with Crippen molar-refractivity contribution < 1.29 is 14.3 Å². The van der Waals surface area contributed by atoms with E-state index in [4.69, 9.17) is 21.1 Å². The molecule has 6 heteroatoms. The Morgan fingerprint density at radius 3 is 2.46 bits per heavy atom. The number of anilines is 2. The third kappa shape index (κ3) is 4.11. The molecule has 126 valence electrons. The second-order valence-corrected chi connectivity index (χ2v) is 6.01. The third-order valence-corrected chi connectivity index (χ3v) is 3.89. The number of nitrogens with one attached hydrogen (secondary N) is 2. The number of ether oxygens (including phenoxy) is 2. The molecule has 2 aromatic carbocycles. The maximum Gasteiger partial charge on any atom is 0.246 e. The van der Waals surface area contributed by atoms with Crippen LogP contribution in [0.15, 0.2) is 42.5 Å². The Labute approximate surface area is 145 Å². The summed E-state index contributed by atoms with van der Waals surface area (Å²) in [5.41, 5.74) is 1.51. The monoisotopic (exact) mass is 346 g/mol. The summed E-state index contributed by atoms with van der Waals surface area (Å²) >= 11 is 5.84. The van der Waals surface area contributed by atoms with Crippen LogP contribution in [0.4, 0.5) is 11.4 Å². The van der Waals surface area contributed by atoms with E-state index < -0.39 is 6.04 Å². The molecule has 5 nitrogen and oxygen atoms in total. The van der Waals surface area contributed by atoms with Gasteiger partial charge >= 0.3 is 0 Å². The van der Waals surface area contributed by atoms with E-state index >= 15 is 0 Å². The number of carbonyl (C=O) groups excluding carboxylic acids is 1. The second-order valence-electron chi connectivity index (χ2n) is 5.57. The van der Waals surface area contributed by atoms with Gasteiger partial charge in [0.2, 0.25) is 5.91 Å². The average Bonchev–Trinajstić information content (AvgIpc) is 2.81. The molecule has 0 bridgehead atoms. The summed E-state index contributed by atoms with van der Waals surface area (Å²) in [6.07, 6.45) is 0.858. The fourth-order valence-electron chi connectivity index (χ4n) is 2.35. The highest BCUT2D eigenvalue weighted by atomic mass is 35.5. The first kappa shape index (κ1) is 16.5. The van der Waals surface area contributed by atoms with Crippen molar-refractivity contribution >= 4 is 28.9 Å². The van der Waals surface area contributed by atoms with Gasteiger partial charge in [0, 0.05) is 28.9 Å². The van der Waals surface area contributed by atoms with Gasteiger partial charge in [-0.2, -0.15) is 0 Å². The lowest BCUT2D eigenvalue weighted by Crippen LogP contribution is -2.31. The molecule has 0 saturated heterocycles. The normalized spacial score (nSPS) is 14.4. The highest BCUT2D eigenvalue weighted by Gasteiger charge is 2.15. The summed E-state index contributed by atoms with van der Waals surface area (Å²) in [6, 6.07) is 12.2. The van der Waals surface area contributed by atoms with E-state index in [0.717, 1.165) is 17.9 Å². The number of hydrogen-bond donors (Lipinski definition) is 2. The van der Waals surface area contributed by atoms with Gasteiger partial charge in [-0.15, -0.1) is 0 Å². The Bertz CT molecular complexity index is 719. The van der Waals surface area contributed by atoms with Crippen molar-refractivity contribution in [3.8, 4) is 11.5 Å². The van der Waals surface area contributed by atoms with Gasteiger partial charge in [0.1, 0.15) is 6.04 Å². The van der Waals surface area contributed by atoms with E-state index in [-0.39, 0.29) is 5.91 Å². The van der Waals surface area contributed by atoms with Crippen LogP contribution >= 0.6 is 11.6 Å². The van der Waals surface area contributed by atoms with Crippen molar-refractivity contribution in [2.75, 3.05) is 23.8 Å². The lowest BCUT2D eigenvalue weighted by atomic mass is 10.2. The first-order chi connectivity index (χ1) is 11.6. The second kappa shape index (κ2) is 7.45. The zero-order valence-corrected chi connectivity index (χ0v) is 14.1. The number of rotatable bonds is 4. The Morgan fingerprint density at radius 2 is 1.71 bits per heavy atom. The number of hydrogen-bond acceptors (Lipinski definition) is 4. The summed E-state index contributed by atoms with van der Waals surface area (Å²) in [7, 11) is 0. The molecular weight excluding hydrogens is 328 g/mol. The van der Waals surface area contributed by atoms with Crippen LogP contribution in [0.2, 0.25) is 5.02 Å². The molecule has 0 saturated carbocycles. The van der Waals surface area contributed by atoms with Gasteiger partial charge in [-0.05, 0) is 43.3 Å². The highest BCUT2D eigenvalue weighted by Crippen LogP contribution is 2.32. The van der Waals surface area contributed by atoms with Gasteiger partial charge in [-0.25, -0.2) is 0 Å². The van der Waals surface area contributed by atoms with Crippen LogP contribution in [0.25, 0.3) is 0 Å². The van der Waals surface area contributed by atoms with Crippen molar-refractivity contribution in [2.45, 2.75) is 19.4 Å². The third-order valence-electron chi connectivity index (χ3n) is 3.64. The molecule has 1 amide bonds. The zero-order chi connectivity index (χ0) is 16.9. The fourth-order valence-corrected chi connectivity index (χ4v) is 2.48. The van der Waals surface area contributed by atoms with Crippen molar-refractivity contribution in [3.05, 3.63) is 47.5 Å². The Kier molecular flexibility index (Phi) is 5.11. The molecule has 0 radical (unpaired) electrons.